The van der Waals surface area contributed by atoms with Gasteiger partial charge in [0.05, 0.1) is 18.1 Å². The fraction of sp³-hybridized carbons (Fsp3) is 0.391. The van der Waals surface area contributed by atoms with Crippen molar-refractivity contribution in [2.75, 3.05) is 32.5 Å². The highest BCUT2D eigenvalue weighted by Crippen LogP contribution is 2.19. The molecule has 7 heteroatoms. The number of piperidine rings is 1. The van der Waals surface area contributed by atoms with E-state index in [9.17, 15) is 0 Å². The van der Waals surface area contributed by atoms with E-state index in [-0.39, 0.29) is 6.04 Å². The second-order valence-electron chi connectivity index (χ2n) is 6.98. The summed E-state index contributed by atoms with van der Waals surface area (Å²) in [6, 6.07) is 0.259. The summed E-state index contributed by atoms with van der Waals surface area (Å²) in [4.78, 5) is 20.0. The Balaban J connectivity index is 2.19. The van der Waals surface area contributed by atoms with E-state index < -0.39 is 0 Å². The highest BCUT2D eigenvalue weighted by molar-refractivity contribution is 6.10. The number of allylic oxidation sites excluding steroid dienone is 6. The molecule has 1 atom stereocenters. The summed E-state index contributed by atoms with van der Waals surface area (Å²) in [5.74, 6) is 1.60. The molecule has 0 amide bonds. The maximum atomic E-state index is 4.81. The largest absolute Gasteiger partial charge is 0.364 e. The second kappa shape index (κ2) is 12.4. The minimum Gasteiger partial charge on any atom is -0.364 e. The lowest BCUT2D eigenvalue weighted by Gasteiger charge is -2.35. The Morgan fingerprint density at radius 3 is 2.83 bits per heavy atom. The Morgan fingerprint density at radius 2 is 2.13 bits per heavy atom. The van der Waals surface area contributed by atoms with Gasteiger partial charge >= 0.3 is 0 Å². The predicted molar refractivity (Wildman–Crippen MR) is 128 cm³/mol. The van der Waals surface area contributed by atoms with E-state index >= 15 is 0 Å². The van der Waals surface area contributed by atoms with Gasteiger partial charge in [-0.2, -0.15) is 0 Å². The van der Waals surface area contributed by atoms with E-state index in [4.69, 9.17) is 4.98 Å². The lowest BCUT2D eigenvalue weighted by atomic mass is 10.1. The molecule has 1 aliphatic rings. The Labute approximate surface area is 180 Å². The molecular weight excluding hydrogens is 374 g/mol. The quantitative estimate of drug-likeness (QED) is 0.410. The van der Waals surface area contributed by atoms with Gasteiger partial charge in [0.2, 0.25) is 0 Å². The third-order valence-corrected chi connectivity index (χ3v) is 4.76. The molecule has 1 aromatic rings. The number of likely N-dealkylation sites (tertiary alicyclic amines) is 1. The van der Waals surface area contributed by atoms with Gasteiger partial charge in [0.25, 0.3) is 0 Å². The van der Waals surface area contributed by atoms with Crippen molar-refractivity contribution in [3.8, 4) is 0 Å². The van der Waals surface area contributed by atoms with Gasteiger partial charge in [-0.1, -0.05) is 30.9 Å². The molecule has 0 aromatic carbocycles. The summed E-state index contributed by atoms with van der Waals surface area (Å²) in [6.07, 6.45) is 17.2. The summed E-state index contributed by atoms with van der Waals surface area (Å²) >= 11 is 0. The highest BCUT2D eigenvalue weighted by Gasteiger charge is 2.22. The molecule has 0 spiro atoms. The lowest BCUT2D eigenvalue weighted by molar-refractivity contribution is 0.314. The van der Waals surface area contributed by atoms with Crippen LogP contribution in [0.5, 0.6) is 0 Å². The van der Waals surface area contributed by atoms with Crippen LogP contribution in [-0.4, -0.2) is 60.3 Å². The average molecular weight is 408 g/mol. The second-order valence-corrected chi connectivity index (χ2v) is 6.98. The van der Waals surface area contributed by atoms with Crippen LogP contribution in [0.2, 0.25) is 0 Å². The zero-order chi connectivity index (χ0) is 21.8. The molecule has 2 rings (SSSR count). The van der Waals surface area contributed by atoms with Crippen molar-refractivity contribution in [1.82, 2.24) is 20.2 Å². The number of aromatic nitrogens is 2. The van der Waals surface area contributed by atoms with Crippen LogP contribution in [0.25, 0.3) is 5.57 Å². The van der Waals surface area contributed by atoms with Crippen molar-refractivity contribution < 1.29 is 0 Å². The van der Waals surface area contributed by atoms with Crippen LogP contribution in [0.3, 0.4) is 0 Å². The molecule has 2 heterocycles. The third kappa shape index (κ3) is 6.69. The molecule has 0 saturated carbocycles. The molecule has 1 aromatic heterocycles. The van der Waals surface area contributed by atoms with Gasteiger partial charge in [0.1, 0.15) is 5.82 Å². The first-order chi connectivity index (χ1) is 14.6. The summed E-state index contributed by atoms with van der Waals surface area (Å²) in [5, 5.41) is 6.65. The van der Waals surface area contributed by atoms with Crippen LogP contribution < -0.4 is 10.6 Å². The number of anilines is 1. The van der Waals surface area contributed by atoms with Gasteiger partial charge in [-0.15, -0.1) is 0 Å². The van der Waals surface area contributed by atoms with Crippen LogP contribution in [0.1, 0.15) is 32.4 Å². The SMILES string of the molecule is C=CNC(=NC)N1CCC[C@@H](Nc2cncc(\C(C=NC)=C(C)/C=C\C=C/C)n2)C1. The summed E-state index contributed by atoms with van der Waals surface area (Å²) < 4.78 is 0. The van der Waals surface area contributed by atoms with E-state index in [0.29, 0.717) is 0 Å². The van der Waals surface area contributed by atoms with E-state index in [1.165, 1.54) is 0 Å². The van der Waals surface area contributed by atoms with E-state index in [0.717, 1.165) is 54.5 Å². The van der Waals surface area contributed by atoms with Gasteiger partial charge in [-0.25, -0.2) is 4.98 Å². The molecule has 0 bridgehead atoms. The molecule has 30 heavy (non-hydrogen) atoms. The van der Waals surface area contributed by atoms with Crippen molar-refractivity contribution in [2.45, 2.75) is 32.7 Å². The van der Waals surface area contributed by atoms with E-state index in [1.54, 1.807) is 32.7 Å². The van der Waals surface area contributed by atoms with Gasteiger partial charge < -0.3 is 15.5 Å². The van der Waals surface area contributed by atoms with E-state index in [1.807, 2.05) is 31.4 Å². The highest BCUT2D eigenvalue weighted by atomic mass is 15.3. The number of hydrogen-bond donors (Lipinski definition) is 2. The topological polar surface area (TPSA) is 77.8 Å². The van der Waals surface area contributed by atoms with Crippen molar-refractivity contribution in [3.63, 3.8) is 0 Å². The Morgan fingerprint density at radius 1 is 1.30 bits per heavy atom. The fourth-order valence-electron chi connectivity index (χ4n) is 3.35. The summed E-state index contributed by atoms with van der Waals surface area (Å²) in [6.45, 7) is 9.58. The van der Waals surface area contributed by atoms with Crippen LogP contribution in [0, 0.1) is 0 Å². The predicted octanol–water partition coefficient (Wildman–Crippen LogP) is 3.68. The number of aliphatic imine (C=N–C) groups is 2. The molecule has 0 radical (unpaired) electrons. The van der Waals surface area contributed by atoms with Crippen molar-refractivity contribution >= 4 is 23.6 Å². The fourth-order valence-corrected chi connectivity index (χ4v) is 3.35. The smallest absolute Gasteiger partial charge is 0.197 e. The van der Waals surface area contributed by atoms with Crippen LogP contribution in [0.4, 0.5) is 5.82 Å². The van der Waals surface area contributed by atoms with Crippen LogP contribution in [0.15, 0.2) is 65.0 Å². The molecule has 1 aliphatic heterocycles. The average Bonchev–Trinajstić information content (AvgIpc) is 2.76. The van der Waals surface area contributed by atoms with E-state index in [2.05, 4.69) is 50.1 Å². The minimum atomic E-state index is 0.259. The first-order valence-electron chi connectivity index (χ1n) is 10.2. The van der Waals surface area contributed by atoms with Crippen molar-refractivity contribution in [2.24, 2.45) is 9.98 Å². The zero-order valence-electron chi connectivity index (χ0n) is 18.5. The minimum absolute atomic E-state index is 0.259. The van der Waals surface area contributed by atoms with Crippen molar-refractivity contribution in [3.05, 3.63) is 60.7 Å². The maximum Gasteiger partial charge on any atom is 0.197 e. The Kier molecular flexibility index (Phi) is 9.51. The lowest BCUT2D eigenvalue weighted by Crippen LogP contribution is -2.48. The number of rotatable bonds is 7. The molecule has 1 fully saturated rings. The summed E-state index contributed by atoms with van der Waals surface area (Å²) in [7, 11) is 3.55. The molecular formula is C23H33N7. The monoisotopic (exact) mass is 407 g/mol. The van der Waals surface area contributed by atoms with Gasteiger partial charge in [-0.05, 0) is 38.5 Å². The Hall–Kier alpha value is -3.22. The standard InChI is InChI=1S/C23H33N7/c1-6-8-9-11-18(3)20(14-24-4)21-15-26-16-22(29-21)28-19-12-10-13-30(17-19)23(25-5)27-7-2/h6-9,11,14-16,19H,2,10,12-13,17H2,1,3-5H3,(H,25,27)(H,28,29)/b8-6-,11-9-,20-18-,24-14?/t19-/m1/s1. The Bertz CT molecular complexity index is 849. The first kappa shape index (κ1) is 23.1. The number of nitrogens with one attached hydrogen (secondary N) is 2. The molecule has 0 unspecified atom stereocenters. The number of hydrogen-bond acceptors (Lipinski definition) is 5. The number of guanidine groups is 1. The molecule has 1 saturated heterocycles. The first-order valence-corrected chi connectivity index (χ1v) is 10.2. The normalized spacial score (nSPS) is 18.9. The third-order valence-electron chi connectivity index (χ3n) is 4.76. The summed E-state index contributed by atoms with van der Waals surface area (Å²) in [5.41, 5.74) is 2.83. The molecule has 7 nitrogen and oxygen atoms in total. The molecule has 2 N–H and O–H groups in total. The molecule has 0 aliphatic carbocycles. The van der Waals surface area contributed by atoms with Gasteiger partial charge in [0, 0.05) is 45.0 Å². The van der Waals surface area contributed by atoms with Gasteiger partial charge in [0.15, 0.2) is 5.96 Å². The molecule has 160 valence electrons. The van der Waals surface area contributed by atoms with Gasteiger partial charge in [-0.3, -0.25) is 15.0 Å². The maximum absolute atomic E-state index is 4.81. The zero-order valence-corrected chi connectivity index (χ0v) is 18.5. The number of nitrogens with zero attached hydrogens (tertiary/aromatic N) is 5. The van der Waals surface area contributed by atoms with Crippen molar-refractivity contribution in [1.29, 1.82) is 0 Å². The van der Waals surface area contributed by atoms with Crippen LogP contribution in [-0.2, 0) is 0 Å². The van der Waals surface area contributed by atoms with Crippen LogP contribution >= 0.6 is 0 Å².